The summed E-state index contributed by atoms with van der Waals surface area (Å²) >= 11 is 11.7. The summed E-state index contributed by atoms with van der Waals surface area (Å²) in [7, 11) is 0. The Bertz CT molecular complexity index is 219. The number of thiol groups is 2. The van der Waals surface area contributed by atoms with Gasteiger partial charge >= 0.3 is 0 Å². The van der Waals surface area contributed by atoms with E-state index in [4.69, 9.17) is 0 Å². The van der Waals surface area contributed by atoms with Crippen LogP contribution in [0.4, 0.5) is 0 Å². The van der Waals surface area contributed by atoms with Gasteiger partial charge < -0.3 is 0 Å². The molecule has 0 aliphatic heterocycles. The summed E-state index contributed by atoms with van der Waals surface area (Å²) in [4.78, 5) is 5.68. The first-order chi connectivity index (χ1) is 4.75. The molecule has 1 aromatic heterocycles. The predicted octanol–water partition coefficient (Wildman–Crippen LogP) is 2.55. The molecule has 0 saturated carbocycles. The van der Waals surface area contributed by atoms with Crippen LogP contribution in [0.25, 0.3) is 0 Å². The minimum absolute atomic E-state index is 0.771. The van der Waals surface area contributed by atoms with Gasteiger partial charge in [0.25, 0.3) is 0 Å². The van der Waals surface area contributed by atoms with Crippen molar-refractivity contribution in [1.29, 1.82) is 0 Å². The number of hydrogen-bond acceptors (Lipinski definition) is 3. The van der Waals surface area contributed by atoms with E-state index in [1.165, 1.54) is 0 Å². The van der Waals surface area contributed by atoms with E-state index < -0.39 is 0 Å². The zero-order valence-corrected chi connectivity index (χ0v) is 8.46. The van der Waals surface area contributed by atoms with Crippen LogP contribution in [0, 0.1) is 0 Å². The van der Waals surface area contributed by atoms with Gasteiger partial charge in [-0.05, 0) is 5.56 Å². The highest BCUT2D eigenvalue weighted by atomic mass is 79.9. The average Bonchev–Trinajstić information content (AvgIpc) is 1.88. The number of halogens is 1. The number of hydrogen-bond donors (Lipinski definition) is 2. The van der Waals surface area contributed by atoms with Crippen LogP contribution in [0.3, 0.4) is 0 Å². The Balaban J connectivity index is 3.17. The van der Waals surface area contributed by atoms with Gasteiger partial charge in [0, 0.05) is 27.5 Å². The highest BCUT2D eigenvalue weighted by Gasteiger charge is 2.00. The van der Waals surface area contributed by atoms with Gasteiger partial charge in [-0.15, -0.1) is 25.3 Å². The first-order valence-corrected chi connectivity index (χ1v) is 4.68. The number of aromatic nitrogens is 1. The molecule has 0 radical (unpaired) electrons. The molecule has 1 nitrogen and oxygen atoms in total. The molecule has 1 aromatic rings. The molecule has 0 N–H and O–H groups in total. The van der Waals surface area contributed by atoms with Gasteiger partial charge in [0.1, 0.15) is 0 Å². The lowest BCUT2D eigenvalue weighted by Gasteiger charge is -2.01. The second kappa shape index (κ2) is 3.64. The third-order valence-electron chi connectivity index (χ3n) is 1.15. The number of pyridine rings is 1. The minimum Gasteiger partial charge on any atom is -0.262 e. The molecule has 0 aliphatic rings. The van der Waals surface area contributed by atoms with E-state index in [1.807, 2.05) is 0 Å². The topological polar surface area (TPSA) is 12.9 Å². The lowest BCUT2D eigenvalue weighted by Crippen LogP contribution is -1.84. The van der Waals surface area contributed by atoms with Crippen molar-refractivity contribution in [2.24, 2.45) is 0 Å². The summed E-state index contributed by atoms with van der Waals surface area (Å²) in [6, 6.07) is 0. The summed E-state index contributed by atoms with van der Waals surface area (Å²) in [6.45, 7) is 0. The van der Waals surface area contributed by atoms with Crippen LogP contribution in [0.2, 0.25) is 0 Å². The molecular formula is C6H6BrNS2. The molecule has 10 heavy (non-hydrogen) atoms. The van der Waals surface area contributed by atoms with Gasteiger partial charge in [-0.3, -0.25) is 4.98 Å². The van der Waals surface area contributed by atoms with Crippen molar-refractivity contribution < 1.29 is 0 Å². The van der Waals surface area contributed by atoms with Crippen molar-refractivity contribution in [2.45, 2.75) is 15.1 Å². The van der Waals surface area contributed by atoms with Crippen LogP contribution >= 0.6 is 41.2 Å². The second-order valence-electron chi connectivity index (χ2n) is 1.79. The molecule has 0 amide bonds. The fourth-order valence-electron chi connectivity index (χ4n) is 0.602. The molecule has 0 unspecified atom stereocenters. The third-order valence-corrected chi connectivity index (χ3v) is 2.48. The maximum Gasteiger partial charge on any atom is 0.0405 e. The summed E-state index contributed by atoms with van der Waals surface area (Å²) < 4.78 is 0. The Morgan fingerprint density at radius 3 is 2.10 bits per heavy atom. The van der Waals surface area contributed by atoms with Gasteiger partial charge in [0.2, 0.25) is 0 Å². The highest BCUT2D eigenvalue weighted by molar-refractivity contribution is 9.08. The van der Waals surface area contributed by atoms with Crippen LogP contribution in [0.1, 0.15) is 5.56 Å². The highest BCUT2D eigenvalue weighted by Crippen LogP contribution is 2.21. The van der Waals surface area contributed by atoms with Crippen molar-refractivity contribution in [3.63, 3.8) is 0 Å². The molecule has 0 fully saturated rings. The van der Waals surface area contributed by atoms with Crippen LogP contribution in [-0.2, 0) is 5.33 Å². The maximum atomic E-state index is 4.21. The summed E-state index contributed by atoms with van der Waals surface area (Å²) in [5, 5.41) is 0.771. The monoisotopic (exact) mass is 235 g/mol. The van der Waals surface area contributed by atoms with E-state index in [9.17, 15) is 0 Å². The maximum absolute atomic E-state index is 4.21. The molecule has 1 heterocycles. The van der Waals surface area contributed by atoms with E-state index >= 15 is 0 Å². The molecular weight excluding hydrogens is 230 g/mol. The quantitative estimate of drug-likeness (QED) is 0.564. The number of nitrogens with zero attached hydrogens (tertiary/aromatic N) is 1. The molecule has 1 rings (SSSR count). The largest absolute Gasteiger partial charge is 0.262 e. The zero-order chi connectivity index (χ0) is 7.56. The van der Waals surface area contributed by atoms with Gasteiger partial charge in [-0.2, -0.15) is 0 Å². The van der Waals surface area contributed by atoms with Crippen molar-refractivity contribution >= 4 is 41.2 Å². The molecule has 54 valence electrons. The number of rotatable bonds is 1. The smallest absolute Gasteiger partial charge is 0.0405 e. The van der Waals surface area contributed by atoms with Gasteiger partial charge in [-0.1, -0.05) is 15.9 Å². The Morgan fingerprint density at radius 2 is 1.80 bits per heavy atom. The van der Waals surface area contributed by atoms with Crippen molar-refractivity contribution in [2.75, 3.05) is 0 Å². The summed E-state index contributed by atoms with van der Waals surface area (Å²) in [5.74, 6) is 0. The molecule has 0 saturated heterocycles. The third kappa shape index (κ3) is 1.68. The SMILES string of the molecule is Sc1cncc(S)c1CBr. The van der Waals surface area contributed by atoms with E-state index in [2.05, 4.69) is 46.2 Å². The standard InChI is InChI=1S/C6H6BrNS2/c7-1-4-5(9)2-8-3-6(4)10/h2-3,9-10H,1H2. The van der Waals surface area contributed by atoms with Gasteiger partial charge in [-0.25, -0.2) is 0 Å². The Kier molecular flexibility index (Phi) is 3.07. The Morgan fingerprint density at radius 1 is 1.30 bits per heavy atom. The summed E-state index contributed by atoms with van der Waals surface area (Å²) in [6.07, 6.45) is 3.42. The van der Waals surface area contributed by atoms with Crippen LogP contribution in [-0.4, -0.2) is 4.98 Å². The fourth-order valence-corrected chi connectivity index (χ4v) is 2.26. The van der Waals surface area contributed by atoms with Crippen molar-refractivity contribution in [1.82, 2.24) is 4.98 Å². The number of alkyl halides is 1. The second-order valence-corrected chi connectivity index (χ2v) is 3.31. The van der Waals surface area contributed by atoms with Crippen molar-refractivity contribution in [3.05, 3.63) is 18.0 Å². The average molecular weight is 236 g/mol. The molecule has 0 spiro atoms. The van der Waals surface area contributed by atoms with E-state index in [-0.39, 0.29) is 0 Å². The summed E-state index contributed by atoms with van der Waals surface area (Å²) in [5.41, 5.74) is 1.08. The van der Waals surface area contributed by atoms with Crippen LogP contribution < -0.4 is 0 Å². The first-order valence-electron chi connectivity index (χ1n) is 2.66. The van der Waals surface area contributed by atoms with Crippen molar-refractivity contribution in [3.8, 4) is 0 Å². The normalized spacial score (nSPS) is 9.90. The van der Waals surface area contributed by atoms with E-state index in [0.717, 1.165) is 20.7 Å². The molecule has 0 aliphatic carbocycles. The molecule has 0 bridgehead atoms. The fraction of sp³-hybridized carbons (Fsp3) is 0.167. The van der Waals surface area contributed by atoms with Crippen LogP contribution in [0.5, 0.6) is 0 Å². The molecule has 4 heteroatoms. The zero-order valence-electron chi connectivity index (χ0n) is 5.08. The molecule has 0 atom stereocenters. The predicted molar refractivity (Wildman–Crippen MR) is 51.4 cm³/mol. The van der Waals surface area contributed by atoms with Crippen LogP contribution in [0.15, 0.2) is 22.2 Å². The van der Waals surface area contributed by atoms with Gasteiger partial charge in [0.15, 0.2) is 0 Å². The lowest BCUT2D eigenvalue weighted by molar-refractivity contribution is 1.09. The van der Waals surface area contributed by atoms with Gasteiger partial charge in [0.05, 0.1) is 0 Å². The van der Waals surface area contributed by atoms with E-state index in [0.29, 0.717) is 0 Å². The minimum atomic E-state index is 0.771. The molecule has 0 aromatic carbocycles. The first kappa shape index (κ1) is 8.43. The Labute approximate surface area is 79.2 Å². The Hall–Kier alpha value is 0.330. The lowest BCUT2D eigenvalue weighted by atomic mass is 10.3. The van der Waals surface area contributed by atoms with E-state index in [1.54, 1.807) is 12.4 Å².